The van der Waals surface area contributed by atoms with E-state index < -0.39 is 51.8 Å². The first kappa shape index (κ1) is 30.6. The number of pyridine rings is 1. The van der Waals surface area contributed by atoms with Crippen LogP contribution in [0.3, 0.4) is 0 Å². The maximum atomic E-state index is 13.5. The molecule has 2 bridgehead atoms. The summed E-state index contributed by atoms with van der Waals surface area (Å²) in [5, 5.41) is 6.30. The molecule has 3 aromatic carbocycles. The maximum absolute atomic E-state index is 13.5. The first-order valence-electron chi connectivity index (χ1n) is 14.2. The highest BCUT2D eigenvalue weighted by Crippen LogP contribution is 2.44. The molecule has 5 atom stereocenters. The molecule has 3 saturated heterocycles. The Morgan fingerprint density at radius 1 is 1.00 bits per heavy atom. The lowest BCUT2D eigenvalue weighted by Crippen LogP contribution is -2.56. The summed E-state index contributed by atoms with van der Waals surface area (Å²) in [6.45, 7) is 5.48. The molecular weight excluding hydrogens is 602 g/mol. The zero-order chi connectivity index (χ0) is 32.3. The second kappa shape index (κ2) is 11.2. The second-order valence-corrected chi connectivity index (χ2v) is 11.5. The Balaban J connectivity index is 1.43. The van der Waals surface area contributed by atoms with E-state index >= 15 is 0 Å². The lowest BCUT2D eigenvalue weighted by Gasteiger charge is -2.52. The number of hydrogen-bond donors (Lipinski definition) is 2. The van der Waals surface area contributed by atoms with Crippen LogP contribution in [-0.4, -0.2) is 36.1 Å². The van der Waals surface area contributed by atoms with Crippen LogP contribution in [0.15, 0.2) is 70.9 Å². The van der Waals surface area contributed by atoms with E-state index in [4.69, 9.17) is 4.74 Å². The summed E-state index contributed by atoms with van der Waals surface area (Å²) < 4.78 is 86.4. The molecule has 2 N–H and O–H groups in total. The molecule has 0 amide bonds. The molecule has 4 heterocycles. The predicted molar refractivity (Wildman–Crippen MR) is 158 cm³/mol. The number of fused-ring (bicyclic) bond motifs is 4. The third-order valence-electron chi connectivity index (χ3n) is 8.92. The van der Waals surface area contributed by atoms with Gasteiger partial charge in [-0.3, -0.25) is 19.5 Å². The topological polar surface area (TPSA) is 83.6 Å². The Bertz CT molecular complexity index is 1810. The van der Waals surface area contributed by atoms with E-state index in [1.165, 1.54) is 7.11 Å². The molecule has 0 radical (unpaired) electrons. The molecule has 7 rings (SSSR count). The minimum absolute atomic E-state index is 0.00556. The summed E-state index contributed by atoms with van der Waals surface area (Å²) in [7, 11) is 1.52. The first-order chi connectivity index (χ1) is 21.3. The smallest absolute Gasteiger partial charge is 0.416 e. The normalized spacial score (nSPS) is 22.4. The summed E-state index contributed by atoms with van der Waals surface area (Å²) in [5.41, 5.74) is -4.95. The zero-order valence-corrected chi connectivity index (χ0v) is 23.9. The van der Waals surface area contributed by atoms with Crippen LogP contribution < -0.4 is 26.2 Å². The van der Waals surface area contributed by atoms with E-state index in [0.29, 0.717) is 29.3 Å². The fourth-order valence-corrected chi connectivity index (χ4v) is 6.63. The van der Waals surface area contributed by atoms with Gasteiger partial charge in [-0.05, 0) is 79.3 Å². The van der Waals surface area contributed by atoms with Crippen molar-refractivity contribution in [3.8, 4) is 5.75 Å². The Morgan fingerprint density at radius 3 is 2.29 bits per heavy atom. The summed E-state index contributed by atoms with van der Waals surface area (Å²) in [6, 6.07) is 7.29. The van der Waals surface area contributed by atoms with E-state index in [0.717, 1.165) is 36.9 Å². The van der Waals surface area contributed by atoms with Crippen LogP contribution in [0.25, 0.3) is 10.9 Å². The van der Waals surface area contributed by atoms with Crippen LogP contribution in [0.2, 0.25) is 0 Å². The van der Waals surface area contributed by atoms with E-state index in [1.54, 1.807) is 30.5 Å². The number of nitrogens with one attached hydrogen (secondary N) is 2. The fraction of sp³-hybridized carbons (Fsp3) is 0.344. The minimum Gasteiger partial charge on any atom is -0.497 e. The van der Waals surface area contributed by atoms with Gasteiger partial charge in [0.15, 0.2) is 0 Å². The fourth-order valence-electron chi connectivity index (χ4n) is 6.63. The third-order valence-corrected chi connectivity index (χ3v) is 8.92. The van der Waals surface area contributed by atoms with Crippen molar-refractivity contribution in [1.29, 1.82) is 0 Å². The molecule has 1 unspecified atom stereocenters. The Morgan fingerprint density at radius 2 is 1.69 bits per heavy atom. The van der Waals surface area contributed by atoms with Gasteiger partial charge in [0, 0.05) is 29.9 Å². The molecule has 0 spiro atoms. The van der Waals surface area contributed by atoms with Crippen molar-refractivity contribution in [1.82, 2.24) is 9.88 Å². The van der Waals surface area contributed by atoms with Crippen LogP contribution in [-0.2, 0) is 12.4 Å². The number of methoxy groups -OCH3 is 1. The molecule has 13 heteroatoms. The SMILES string of the molecule is C=C[C@H]1CN2CC[C@H]1C[C@@H]2[C@@H](Nc1c(Nc2cc(C(F)(F)F)cc(C(F)(F)F)c2)c(=O)c1=O)c1ccnc2ccc(OC)cc12. The minimum atomic E-state index is -5.08. The van der Waals surface area contributed by atoms with Crippen molar-refractivity contribution < 1.29 is 31.1 Å². The van der Waals surface area contributed by atoms with Gasteiger partial charge in [0.05, 0.1) is 29.8 Å². The number of aromatic nitrogens is 1. The number of anilines is 3. The molecule has 0 saturated carbocycles. The number of ether oxygens (including phenoxy) is 1. The number of benzene rings is 2. The summed E-state index contributed by atoms with van der Waals surface area (Å²) in [4.78, 5) is 32.4. The number of rotatable bonds is 8. The van der Waals surface area contributed by atoms with Crippen molar-refractivity contribution in [3.63, 3.8) is 0 Å². The molecule has 236 valence electrons. The summed E-state index contributed by atoms with van der Waals surface area (Å²) >= 11 is 0. The highest BCUT2D eigenvalue weighted by atomic mass is 19.4. The number of halogens is 6. The predicted octanol–water partition coefficient (Wildman–Crippen LogP) is 6.67. The van der Waals surface area contributed by atoms with E-state index in [9.17, 15) is 35.9 Å². The lowest BCUT2D eigenvalue weighted by atomic mass is 9.73. The van der Waals surface area contributed by atoms with E-state index in [-0.39, 0.29) is 23.7 Å². The van der Waals surface area contributed by atoms with Crippen molar-refractivity contribution in [2.75, 3.05) is 30.8 Å². The van der Waals surface area contributed by atoms with Gasteiger partial charge in [-0.2, -0.15) is 26.3 Å². The molecular formula is C32H28F6N4O3. The van der Waals surface area contributed by atoms with E-state index in [2.05, 4.69) is 27.1 Å². The van der Waals surface area contributed by atoms with Gasteiger partial charge in [-0.25, -0.2) is 0 Å². The average molecular weight is 631 g/mol. The highest BCUT2D eigenvalue weighted by Gasteiger charge is 2.44. The van der Waals surface area contributed by atoms with Crippen molar-refractivity contribution in [3.05, 3.63) is 98.5 Å². The largest absolute Gasteiger partial charge is 0.497 e. The Hall–Kier alpha value is -4.39. The van der Waals surface area contributed by atoms with Crippen LogP contribution in [0.4, 0.5) is 43.4 Å². The van der Waals surface area contributed by atoms with Crippen LogP contribution >= 0.6 is 0 Å². The van der Waals surface area contributed by atoms with Gasteiger partial charge in [0.1, 0.15) is 17.1 Å². The molecule has 7 nitrogen and oxygen atoms in total. The average Bonchev–Trinajstić information content (AvgIpc) is 3.03. The van der Waals surface area contributed by atoms with Gasteiger partial charge in [0.25, 0.3) is 10.9 Å². The highest BCUT2D eigenvalue weighted by molar-refractivity contribution is 5.85. The summed E-state index contributed by atoms with van der Waals surface area (Å²) in [5.74, 6) is 1.16. The Kier molecular flexibility index (Phi) is 7.62. The first-order valence-corrected chi connectivity index (χ1v) is 14.2. The van der Waals surface area contributed by atoms with Crippen molar-refractivity contribution >= 4 is 28.0 Å². The van der Waals surface area contributed by atoms with Gasteiger partial charge in [-0.15, -0.1) is 6.58 Å². The molecule has 3 aliphatic heterocycles. The Labute approximate surface area is 253 Å². The van der Waals surface area contributed by atoms with Crippen LogP contribution in [0.1, 0.15) is 35.6 Å². The number of piperidine rings is 3. The lowest BCUT2D eigenvalue weighted by molar-refractivity contribution is -0.143. The van der Waals surface area contributed by atoms with Crippen molar-refractivity contribution in [2.45, 2.75) is 37.3 Å². The quantitative estimate of drug-likeness (QED) is 0.128. The van der Waals surface area contributed by atoms with Crippen LogP contribution in [0, 0.1) is 11.8 Å². The number of nitrogens with zero attached hydrogens (tertiary/aromatic N) is 2. The summed E-state index contributed by atoms with van der Waals surface area (Å²) in [6.07, 6.45) is -4.94. The standard InChI is InChI=1S/C32H28F6N4O3/c1-3-16-15-42-9-7-17(16)10-25(42)26(22-6-8-39-24-5-4-21(45-2)14-23(22)24)41-28-27(29(43)30(28)44)40-20-12-18(31(33,34)35)11-19(13-20)32(36,37)38/h3-6,8,11-14,16-17,25-26,40-41H,1,7,9-10,15H2,2H3/t16-,17-,25+,26-/m0/s1. The number of hydrogen-bond acceptors (Lipinski definition) is 7. The molecule has 4 aromatic rings. The zero-order valence-electron chi connectivity index (χ0n) is 23.9. The maximum Gasteiger partial charge on any atom is 0.416 e. The molecule has 0 aliphatic carbocycles. The van der Waals surface area contributed by atoms with E-state index in [1.807, 2.05) is 6.08 Å². The molecule has 45 heavy (non-hydrogen) atoms. The van der Waals surface area contributed by atoms with Crippen molar-refractivity contribution in [2.24, 2.45) is 11.8 Å². The van der Waals surface area contributed by atoms with Gasteiger partial charge >= 0.3 is 12.4 Å². The number of alkyl halides is 6. The second-order valence-electron chi connectivity index (χ2n) is 11.5. The molecule has 1 aromatic heterocycles. The third kappa shape index (κ3) is 5.65. The van der Waals surface area contributed by atoms with Gasteiger partial charge in [-0.1, -0.05) is 6.08 Å². The van der Waals surface area contributed by atoms with Crippen LogP contribution in [0.5, 0.6) is 5.75 Å². The molecule has 3 fully saturated rings. The van der Waals surface area contributed by atoms with Gasteiger partial charge in [0.2, 0.25) is 0 Å². The molecule has 3 aliphatic rings. The van der Waals surface area contributed by atoms with Gasteiger partial charge < -0.3 is 15.4 Å². The monoisotopic (exact) mass is 630 g/mol.